The zero-order chi connectivity index (χ0) is 25.4. The largest absolute Gasteiger partial charge is 0.462 e. The number of amides is 1. The van der Waals surface area contributed by atoms with E-state index in [0.29, 0.717) is 5.56 Å². The van der Waals surface area contributed by atoms with Crippen molar-refractivity contribution in [1.29, 1.82) is 0 Å². The first-order chi connectivity index (χ1) is 16.6. The predicted molar refractivity (Wildman–Crippen MR) is 115 cm³/mol. The number of hydrogen-bond donors (Lipinski definition) is 5. The van der Waals surface area contributed by atoms with Crippen LogP contribution in [0.5, 0.6) is 5.75 Å². The lowest BCUT2D eigenvalue weighted by atomic mass is 9.83. The molecule has 1 saturated carbocycles. The van der Waals surface area contributed by atoms with Crippen LogP contribution in [0.3, 0.4) is 0 Å². The summed E-state index contributed by atoms with van der Waals surface area (Å²) in [6.07, 6.45) is -7.62. The molecule has 3 aliphatic rings. The van der Waals surface area contributed by atoms with Gasteiger partial charge in [0.05, 0.1) is 12.1 Å². The first-order valence-electron chi connectivity index (χ1n) is 11.1. The van der Waals surface area contributed by atoms with Gasteiger partial charge in [0.15, 0.2) is 17.3 Å². The van der Waals surface area contributed by atoms with Gasteiger partial charge in [-0.2, -0.15) is 0 Å². The second-order valence-corrected chi connectivity index (χ2v) is 8.89. The van der Waals surface area contributed by atoms with E-state index in [1.807, 2.05) is 0 Å². The smallest absolute Gasteiger partial charge is 0.247 e. The highest BCUT2D eigenvalue weighted by molar-refractivity contribution is 5.97. The first-order valence-corrected chi connectivity index (χ1v) is 11.1. The Morgan fingerprint density at radius 1 is 1.09 bits per heavy atom. The number of carbonyl (C=O) groups is 2. The minimum atomic E-state index is -1.49. The second-order valence-electron chi connectivity index (χ2n) is 8.89. The van der Waals surface area contributed by atoms with Gasteiger partial charge in [-0.1, -0.05) is 6.07 Å². The van der Waals surface area contributed by atoms with Crippen LogP contribution in [-0.2, 0) is 23.8 Å². The molecule has 5 N–H and O–H groups in total. The van der Waals surface area contributed by atoms with Crippen LogP contribution in [-0.4, -0.2) is 94.0 Å². The second kappa shape index (κ2) is 10.3. The van der Waals surface area contributed by atoms with Crippen molar-refractivity contribution in [2.45, 2.75) is 75.3 Å². The Hall–Kier alpha value is -2.45. The molecule has 1 aromatic rings. The molecule has 192 valence electrons. The van der Waals surface area contributed by atoms with Crippen molar-refractivity contribution < 1.29 is 53.4 Å². The van der Waals surface area contributed by atoms with Crippen molar-refractivity contribution in [2.75, 3.05) is 6.79 Å². The van der Waals surface area contributed by atoms with Crippen molar-refractivity contribution in [3.63, 3.8) is 0 Å². The Morgan fingerprint density at radius 2 is 1.77 bits per heavy atom. The molecular weight excluding hydrogens is 469 g/mol. The monoisotopic (exact) mass is 497 g/mol. The number of benzene rings is 1. The molecular formula is C23H28FNO10. The fourth-order valence-electron chi connectivity index (χ4n) is 4.45. The molecule has 1 aromatic carbocycles. The number of aliphatic hydroxyl groups excluding tert-OH is 4. The number of nitrogens with one attached hydrogen (secondary N) is 1. The Balaban J connectivity index is 1.40. The zero-order valence-electron chi connectivity index (χ0n) is 19.0. The summed E-state index contributed by atoms with van der Waals surface area (Å²) in [6.45, 7) is 2.59. The average molecular weight is 497 g/mol. The minimum Gasteiger partial charge on any atom is -0.462 e. The number of Topliss-reactive ketones (excluding diaryl/α,β-unsaturated/α-hetero) is 1. The van der Waals surface area contributed by atoms with Gasteiger partial charge in [-0.15, -0.1) is 0 Å². The van der Waals surface area contributed by atoms with Crippen LogP contribution in [0.2, 0.25) is 0 Å². The molecule has 2 unspecified atom stereocenters. The number of ether oxygens (including phenoxy) is 4. The molecule has 3 fully saturated rings. The van der Waals surface area contributed by atoms with Crippen LogP contribution in [0.1, 0.15) is 25.8 Å². The molecule has 9 atom stereocenters. The molecule has 0 spiro atoms. The summed E-state index contributed by atoms with van der Waals surface area (Å²) in [7, 11) is 0. The third-order valence-corrected chi connectivity index (χ3v) is 6.34. The van der Waals surface area contributed by atoms with E-state index in [9.17, 15) is 34.4 Å². The normalized spacial score (nSPS) is 37.1. The maximum absolute atomic E-state index is 14.6. The van der Waals surface area contributed by atoms with E-state index in [1.54, 1.807) is 0 Å². The fraction of sp³-hybridized carbons (Fsp3) is 0.565. The summed E-state index contributed by atoms with van der Waals surface area (Å²) in [4.78, 5) is 24.1. The van der Waals surface area contributed by atoms with Crippen molar-refractivity contribution in [1.82, 2.24) is 5.32 Å². The van der Waals surface area contributed by atoms with E-state index in [1.165, 1.54) is 32.1 Å². The Kier molecular flexibility index (Phi) is 7.52. The molecule has 1 amide bonds. The third kappa shape index (κ3) is 5.23. The highest BCUT2D eigenvalue weighted by Crippen LogP contribution is 2.30. The summed E-state index contributed by atoms with van der Waals surface area (Å²) >= 11 is 0. The van der Waals surface area contributed by atoms with Gasteiger partial charge in [-0.25, -0.2) is 4.39 Å². The van der Waals surface area contributed by atoms with E-state index < -0.39 is 66.8 Å². The van der Waals surface area contributed by atoms with Crippen molar-refractivity contribution >= 4 is 17.8 Å². The molecule has 1 aliphatic carbocycles. The Bertz CT molecular complexity index is 1000. The molecule has 11 nitrogen and oxygen atoms in total. The summed E-state index contributed by atoms with van der Waals surface area (Å²) in [5.41, 5.74) is 0.470. The number of hydrogen-bond acceptors (Lipinski definition) is 10. The molecule has 0 bridgehead atoms. The van der Waals surface area contributed by atoms with E-state index in [2.05, 4.69) is 5.32 Å². The Morgan fingerprint density at radius 3 is 2.40 bits per heavy atom. The predicted octanol–water partition coefficient (Wildman–Crippen LogP) is -1.00. The van der Waals surface area contributed by atoms with Crippen molar-refractivity contribution in [3.8, 4) is 5.75 Å². The molecule has 2 aliphatic heterocycles. The van der Waals surface area contributed by atoms with Gasteiger partial charge in [0.2, 0.25) is 12.2 Å². The van der Waals surface area contributed by atoms with Gasteiger partial charge in [-0.3, -0.25) is 9.59 Å². The van der Waals surface area contributed by atoms with E-state index in [0.717, 1.165) is 6.07 Å². The number of aliphatic hydroxyl groups is 4. The highest BCUT2D eigenvalue weighted by atomic mass is 19.1. The van der Waals surface area contributed by atoms with Crippen LogP contribution in [0.15, 0.2) is 23.8 Å². The quantitative estimate of drug-likeness (QED) is 0.308. The number of rotatable bonds is 6. The molecule has 0 radical (unpaired) electrons. The molecule has 12 heteroatoms. The molecule has 2 saturated heterocycles. The van der Waals surface area contributed by atoms with Crippen LogP contribution >= 0.6 is 0 Å². The Labute approximate surface area is 200 Å². The fourth-order valence-corrected chi connectivity index (χ4v) is 4.45. The van der Waals surface area contributed by atoms with Crippen LogP contribution in [0, 0.1) is 5.82 Å². The lowest BCUT2D eigenvalue weighted by molar-refractivity contribution is -0.155. The molecule has 0 aromatic heterocycles. The zero-order valence-corrected chi connectivity index (χ0v) is 19.0. The van der Waals surface area contributed by atoms with Gasteiger partial charge in [-0.05, 0) is 37.6 Å². The minimum absolute atomic E-state index is 0.0109. The van der Waals surface area contributed by atoms with Gasteiger partial charge < -0.3 is 44.7 Å². The number of carbonyl (C=O) groups excluding carboxylic acids is 2. The lowest BCUT2D eigenvalue weighted by Gasteiger charge is -2.41. The van der Waals surface area contributed by atoms with Gasteiger partial charge in [0.25, 0.3) is 0 Å². The average Bonchev–Trinajstić information content (AvgIpc) is 3.44. The summed E-state index contributed by atoms with van der Waals surface area (Å²) in [5, 5.41) is 43.4. The van der Waals surface area contributed by atoms with Gasteiger partial charge >= 0.3 is 0 Å². The van der Waals surface area contributed by atoms with Crippen LogP contribution in [0.4, 0.5) is 4.39 Å². The van der Waals surface area contributed by atoms with E-state index >= 15 is 0 Å². The highest BCUT2D eigenvalue weighted by Gasteiger charge is 2.53. The van der Waals surface area contributed by atoms with E-state index in [-0.39, 0.29) is 30.3 Å². The summed E-state index contributed by atoms with van der Waals surface area (Å²) in [5.74, 6) is -1.91. The van der Waals surface area contributed by atoms with E-state index in [4.69, 9.17) is 18.9 Å². The van der Waals surface area contributed by atoms with Gasteiger partial charge in [0, 0.05) is 12.0 Å². The summed E-state index contributed by atoms with van der Waals surface area (Å²) in [6, 6.07) is 2.73. The summed E-state index contributed by atoms with van der Waals surface area (Å²) < 4.78 is 35.8. The first kappa shape index (κ1) is 25.6. The number of fused-ring (bicyclic) bond motifs is 1. The van der Waals surface area contributed by atoms with Crippen molar-refractivity contribution in [2.24, 2.45) is 0 Å². The maximum Gasteiger partial charge on any atom is 0.247 e. The molecule has 2 heterocycles. The van der Waals surface area contributed by atoms with Crippen molar-refractivity contribution in [3.05, 3.63) is 35.2 Å². The number of ketones is 1. The molecule has 4 rings (SSSR count). The SMILES string of the molecule is CC(=O)[C@H]1OC(Oc2ccc(C=C(C)C(=O)NC3[C@@H](O)[C@@H]4OCO[C@@H]4[C@H](O)[C@H]3O)cc2F)C[C@@H]1O. The molecule has 35 heavy (non-hydrogen) atoms. The topological polar surface area (TPSA) is 164 Å². The van der Waals surface area contributed by atoms with Gasteiger partial charge in [0.1, 0.15) is 43.4 Å². The lowest BCUT2D eigenvalue weighted by Crippen LogP contribution is -2.67. The number of halogens is 1. The third-order valence-electron chi connectivity index (χ3n) is 6.34. The maximum atomic E-state index is 14.6. The van der Waals surface area contributed by atoms with Crippen LogP contribution < -0.4 is 10.1 Å². The standard InChI is InChI=1S/C23H28FNO10/c1-9(23(31)25-16-17(28)19(30)22-21(18(16)29)32-8-33-22)5-11-3-4-14(12(24)6-11)34-15-7-13(27)20(35-15)10(2)26/h3-6,13,15-22,27-30H,7-8H2,1-2H3,(H,25,31)/t13-,15?,16?,17-,18+,19+,20+,21-,22+/m0/s1. The van der Waals surface area contributed by atoms with Crippen LogP contribution in [0.25, 0.3) is 6.08 Å².